The molecule has 0 saturated carbocycles. The molecule has 0 aromatic carbocycles. The van der Waals surface area contributed by atoms with Gasteiger partial charge in [-0.2, -0.15) is 0 Å². The van der Waals surface area contributed by atoms with E-state index >= 15 is 0 Å². The van der Waals surface area contributed by atoms with Gasteiger partial charge in [-0.1, -0.05) is 21.1 Å². The molecule has 2 aliphatic rings. The number of ether oxygens (including phenoxy) is 1. The zero-order valence-corrected chi connectivity index (χ0v) is 12.0. The predicted molar refractivity (Wildman–Crippen MR) is 71.7 cm³/mol. The van der Waals surface area contributed by atoms with Crippen LogP contribution in [0.3, 0.4) is 0 Å². The molecule has 1 spiro atoms. The Morgan fingerprint density at radius 3 is 3.06 bits per heavy atom. The highest BCUT2D eigenvalue weighted by Gasteiger charge is 2.39. The van der Waals surface area contributed by atoms with Gasteiger partial charge in [0.15, 0.2) is 0 Å². The fourth-order valence-electron chi connectivity index (χ4n) is 3.01. The van der Waals surface area contributed by atoms with Crippen LogP contribution in [0.4, 0.5) is 0 Å². The lowest BCUT2D eigenvalue weighted by molar-refractivity contribution is -0.112. The summed E-state index contributed by atoms with van der Waals surface area (Å²) in [5.74, 6) is 0. The number of hydrogen-bond acceptors (Lipinski definition) is 4. The summed E-state index contributed by atoms with van der Waals surface area (Å²) in [6, 6.07) is 0.442. The van der Waals surface area contributed by atoms with Crippen LogP contribution >= 0.6 is 15.9 Å². The normalized spacial score (nSPS) is 27.5. The lowest BCUT2D eigenvalue weighted by Gasteiger charge is -2.43. The maximum absolute atomic E-state index is 6.08. The summed E-state index contributed by atoms with van der Waals surface area (Å²) >= 11 is 3.42. The van der Waals surface area contributed by atoms with E-state index in [0.717, 1.165) is 56.4 Å². The summed E-state index contributed by atoms with van der Waals surface area (Å²) in [7, 11) is 0. The van der Waals surface area contributed by atoms with Gasteiger partial charge < -0.3 is 10.1 Å². The van der Waals surface area contributed by atoms with Gasteiger partial charge in [-0.05, 0) is 38.8 Å². The molecule has 5 nitrogen and oxygen atoms in total. The van der Waals surface area contributed by atoms with Crippen LogP contribution in [0.15, 0.2) is 6.20 Å². The average molecular weight is 315 g/mol. The first kappa shape index (κ1) is 12.6. The van der Waals surface area contributed by atoms with E-state index in [1.54, 1.807) is 0 Å². The second-order valence-corrected chi connectivity index (χ2v) is 5.81. The number of aromatic nitrogens is 3. The molecule has 0 amide bonds. The van der Waals surface area contributed by atoms with Crippen molar-refractivity contribution in [2.75, 3.05) is 19.7 Å². The van der Waals surface area contributed by atoms with Gasteiger partial charge in [0.2, 0.25) is 0 Å². The zero-order valence-electron chi connectivity index (χ0n) is 10.4. The van der Waals surface area contributed by atoms with Crippen LogP contribution in [0.5, 0.6) is 0 Å². The second-order valence-electron chi connectivity index (χ2n) is 5.25. The summed E-state index contributed by atoms with van der Waals surface area (Å²) in [6.45, 7) is 2.97. The fourth-order valence-corrected chi connectivity index (χ4v) is 3.27. The second kappa shape index (κ2) is 5.27. The van der Waals surface area contributed by atoms with Crippen molar-refractivity contribution >= 4 is 15.9 Å². The Balaban J connectivity index is 1.73. The van der Waals surface area contributed by atoms with E-state index in [1.807, 2.05) is 4.68 Å². The van der Waals surface area contributed by atoms with E-state index in [2.05, 4.69) is 37.8 Å². The molecule has 0 radical (unpaired) electrons. The summed E-state index contributed by atoms with van der Waals surface area (Å²) in [6.07, 6.45) is 6.40. The third-order valence-corrected chi connectivity index (χ3v) is 4.63. The SMILES string of the molecule is BrCc1cn(C2CCOC3(CCNCC3)C2)nn1. The standard InChI is InChI=1S/C12H19BrN4O/c13-8-10-9-17(16-15-10)11-1-6-18-12(7-11)2-4-14-5-3-12/h9,11,14H,1-8H2. The Bertz CT molecular complexity index is 397. The van der Waals surface area contributed by atoms with E-state index in [1.165, 1.54) is 0 Å². The molecule has 0 aliphatic carbocycles. The largest absolute Gasteiger partial charge is 0.375 e. The van der Waals surface area contributed by atoms with E-state index < -0.39 is 0 Å². The summed E-state index contributed by atoms with van der Waals surface area (Å²) < 4.78 is 8.11. The first-order chi connectivity index (χ1) is 8.81. The number of halogens is 1. The molecule has 1 aromatic heterocycles. The molecule has 6 heteroatoms. The first-order valence-corrected chi connectivity index (χ1v) is 7.75. The third-order valence-electron chi connectivity index (χ3n) is 4.05. The third kappa shape index (κ3) is 2.46. The number of hydrogen-bond donors (Lipinski definition) is 1. The molecule has 1 unspecified atom stereocenters. The number of alkyl halides is 1. The highest BCUT2D eigenvalue weighted by molar-refractivity contribution is 9.08. The number of piperidine rings is 1. The fraction of sp³-hybridized carbons (Fsp3) is 0.833. The topological polar surface area (TPSA) is 52.0 Å². The number of nitrogens with zero attached hydrogens (tertiary/aromatic N) is 3. The molecule has 100 valence electrons. The van der Waals surface area contributed by atoms with E-state index in [0.29, 0.717) is 6.04 Å². The smallest absolute Gasteiger partial charge is 0.0932 e. The highest BCUT2D eigenvalue weighted by Crippen LogP contribution is 2.37. The molecule has 2 aliphatic heterocycles. The zero-order chi connectivity index (χ0) is 12.4. The number of nitrogens with one attached hydrogen (secondary N) is 1. The lowest BCUT2D eigenvalue weighted by atomic mass is 9.83. The summed E-state index contributed by atoms with van der Waals surface area (Å²) in [5.41, 5.74) is 1.08. The van der Waals surface area contributed by atoms with Crippen molar-refractivity contribution in [3.63, 3.8) is 0 Å². The maximum Gasteiger partial charge on any atom is 0.0932 e. The Morgan fingerprint density at radius 1 is 1.50 bits per heavy atom. The minimum atomic E-state index is 0.0781. The van der Waals surface area contributed by atoms with Crippen molar-refractivity contribution in [1.82, 2.24) is 20.3 Å². The van der Waals surface area contributed by atoms with Crippen molar-refractivity contribution in [2.45, 2.75) is 42.7 Å². The number of rotatable bonds is 2. The quantitative estimate of drug-likeness (QED) is 0.843. The average Bonchev–Trinajstić information content (AvgIpc) is 2.88. The Morgan fingerprint density at radius 2 is 2.33 bits per heavy atom. The van der Waals surface area contributed by atoms with Crippen molar-refractivity contribution in [3.8, 4) is 0 Å². The molecule has 0 bridgehead atoms. The van der Waals surface area contributed by atoms with Crippen LogP contribution in [-0.2, 0) is 10.1 Å². The van der Waals surface area contributed by atoms with E-state index in [-0.39, 0.29) is 5.60 Å². The molecule has 1 N–H and O–H groups in total. The Kier molecular flexibility index (Phi) is 3.68. The Hall–Kier alpha value is -0.460. The van der Waals surface area contributed by atoms with Gasteiger partial charge in [0, 0.05) is 18.1 Å². The van der Waals surface area contributed by atoms with Gasteiger partial charge in [-0.15, -0.1) is 5.10 Å². The van der Waals surface area contributed by atoms with Gasteiger partial charge in [-0.25, -0.2) is 4.68 Å². The van der Waals surface area contributed by atoms with Crippen LogP contribution in [0.2, 0.25) is 0 Å². The van der Waals surface area contributed by atoms with Crippen molar-refractivity contribution in [2.24, 2.45) is 0 Å². The van der Waals surface area contributed by atoms with Crippen LogP contribution in [0.25, 0.3) is 0 Å². The van der Waals surface area contributed by atoms with Crippen molar-refractivity contribution in [3.05, 3.63) is 11.9 Å². The van der Waals surface area contributed by atoms with Crippen molar-refractivity contribution < 1.29 is 4.74 Å². The molecule has 1 aromatic rings. The maximum atomic E-state index is 6.08. The molecular formula is C12H19BrN4O. The minimum Gasteiger partial charge on any atom is -0.375 e. The first-order valence-electron chi connectivity index (χ1n) is 6.63. The van der Waals surface area contributed by atoms with E-state index in [9.17, 15) is 0 Å². The lowest BCUT2D eigenvalue weighted by Crippen LogP contribution is -2.48. The molecule has 2 fully saturated rings. The monoisotopic (exact) mass is 314 g/mol. The van der Waals surface area contributed by atoms with Crippen LogP contribution < -0.4 is 5.32 Å². The predicted octanol–water partition coefficient (Wildman–Crippen LogP) is 1.65. The van der Waals surface area contributed by atoms with Crippen LogP contribution in [0, 0.1) is 0 Å². The van der Waals surface area contributed by atoms with Gasteiger partial charge in [0.25, 0.3) is 0 Å². The molecule has 18 heavy (non-hydrogen) atoms. The molecule has 3 heterocycles. The highest BCUT2D eigenvalue weighted by atomic mass is 79.9. The van der Waals surface area contributed by atoms with Gasteiger partial charge in [0.05, 0.1) is 17.3 Å². The summed E-state index contributed by atoms with van der Waals surface area (Å²) in [5, 5.41) is 12.6. The van der Waals surface area contributed by atoms with E-state index in [4.69, 9.17) is 4.74 Å². The van der Waals surface area contributed by atoms with Gasteiger partial charge >= 0.3 is 0 Å². The van der Waals surface area contributed by atoms with Crippen LogP contribution in [-0.4, -0.2) is 40.3 Å². The molecule has 1 atom stereocenters. The Labute approximate surface area is 115 Å². The van der Waals surface area contributed by atoms with Crippen LogP contribution in [0.1, 0.15) is 37.4 Å². The molecule has 2 saturated heterocycles. The van der Waals surface area contributed by atoms with Gasteiger partial charge in [-0.3, -0.25) is 0 Å². The molecule has 3 rings (SSSR count). The van der Waals surface area contributed by atoms with Gasteiger partial charge in [0.1, 0.15) is 0 Å². The molecular weight excluding hydrogens is 296 g/mol. The summed E-state index contributed by atoms with van der Waals surface area (Å²) in [4.78, 5) is 0. The van der Waals surface area contributed by atoms with Crippen molar-refractivity contribution in [1.29, 1.82) is 0 Å². The minimum absolute atomic E-state index is 0.0781.